The number of benzene rings is 2. The molecule has 0 spiro atoms. The molecule has 0 fully saturated rings. The molecule has 0 aliphatic carbocycles. The minimum absolute atomic E-state index is 0.321. The highest BCUT2D eigenvalue weighted by molar-refractivity contribution is 5.56. The summed E-state index contributed by atoms with van der Waals surface area (Å²) in [5, 5.41) is 0. The van der Waals surface area contributed by atoms with Crippen LogP contribution in [0, 0.1) is 6.92 Å². The molecule has 0 aliphatic rings. The molecule has 3 aromatic rings. The van der Waals surface area contributed by atoms with Crippen LogP contribution in [0.2, 0.25) is 0 Å². The standard InChI is InChI=1S/C21H21NO3/c1-4-8-16-11-12-19(20(13-16)23-3)24-14-18-15(2)25-21(22-18)17-9-6-5-7-10-17/h4-13H,14H2,1-3H3/b8-4+. The third kappa shape index (κ3) is 3.91. The molecular weight excluding hydrogens is 314 g/mol. The summed E-state index contributed by atoms with van der Waals surface area (Å²) in [5.41, 5.74) is 2.79. The maximum Gasteiger partial charge on any atom is 0.226 e. The molecule has 4 heteroatoms. The zero-order valence-electron chi connectivity index (χ0n) is 14.7. The van der Waals surface area contributed by atoms with Gasteiger partial charge in [-0.3, -0.25) is 0 Å². The first-order valence-electron chi connectivity index (χ1n) is 8.16. The SMILES string of the molecule is C/C=C/c1ccc(OCc2nc(-c3ccccc3)oc2C)c(OC)c1. The van der Waals surface area contributed by atoms with E-state index in [-0.39, 0.29) is 0 Å². The molecular formula is C21H21NO3. The third-order valence-corrected chi connectivity index (χ3v) is 3.82. The number of allylic oxidation sites excluding steroid dienone is 1. The highest BCUT2D eigenvalue weighted by atomic mass is 16.5. The molecule has 3 rings (SSSR count). The zero-order chi connectivity index (χ0) is 17.6. The lowest BCUT2D eigenvalue weighted by Gasteiger charge is -2.10. The normalized spacial score (nSPS) is 11.0. The van der Waals surface area contributed by atoms with Gasteiger partial charge in [0.1, 0.15) is 18.1 Å². The van der Waals surface area contributed by atoms with E-state index in [1.165, 1.54) is 0 Å². The molecule has 0 radical (unpaired) electrons. The van der Waals surface area contributed by atoms with E-state index in [0.29, 0.717) is 24.0 Å². The molecule has 0 aliphatic heterocycles. The summed E-state index contributed by atoms with van der Waals surface area (Å²) < 4.78 is 17.1. The van der Waals surface area contributed by atoms with Crippen molar-refractivity contribution in [2.45, 2.75) is 20.5 Å². The molecule has 1 heterocycles. The van der Waals surface area contributed by atoms with Gasteiger partial charge in [0.15, 0.2) is 11.5 Å². The topological polar surface area (TPSA) is 44.5 Å². The van der Waals surface area contributed by atoms with Gasteiger partial charge in [-0.15, -0.1) is 0 Å². The molecule has 0 saturated carbocycles. The first kappa shape index (κ1) is 16.8. The van der Waals surface area contributed by atoms with Crippen LogP contribution in [0.5, 0.6) is 11.5 Å². The summed E-state index contributed by atoms with van der Waals surface area (Å²) in [5.74, 6) is 2.73. The Kier molecular flexibility index (Phi) is 5.19. The Bertz CT molecular complexity index is 866. The second kappa shape index (κ2) is 7.71. The average Bonchev–Trinajstić information content (AvgIpc) is 3.02. The van der Waals surface area contributed by atoms with Crippen LogP contribution >= 0.6 is 0 Å². The first-order valence-corrected chi connectivity index (χ1v) is 8.16. The number of ether oxygens (including phenoxy) is 2. The summed E-state index contributed by atoms with van der Waals surface area (Å²) in [6.07, 6.45) is 4.00. The smallest absolute Gasteiger partial charge is 0.226 e. The van der Waals surface area contributed by atoms with Crippen LogP contribution in [-0.4, -0.2) is 12.1 Å². The Morgan fingerprint density at radius 3 is 2.60 bits per heavy atom. The van der Waals surface area contributed by atoms with E-state index >= 15 is 0 Å². The second-order valence-electron chi connectivity index (χ2n) is 5.59. The molecule has 0 atom stereocenters. The number of aromatic nitrogens is 1. The third-order valence-electron chi connectivity index (χ3n) is 3.82. The maximum atomic E-state index is 5.91. The Morgan fingerprint density at radius 1 is 1.08 bits per heavy atom. The van der Waals surface area contributed by atoms with Crippen molar-refractivity contribution in [1.29, 1.82) is 0 Å². The monoisotopic (exact) mass is 335 g/mol. The fraction of sp³-hybridized carbons (Fsp3) is 0.190. The summed E-state index contributed by atoms with van der Waals surface area (Å²) in [6.45, 7) is 4.19. The lowest BCUT2D eigenvalue weighted by atomic mass is 10.2. The molecule has 0 N–H and O–H groups in total. The van der Waals surface area contributed by atoms with Crippen LogP contribution in [0.1, 0.15) is 23.9 Å². The van der Waals surface area contributed by atoms with E-state index in [2.05, 4.69) is 4.98 Å². The lowest BCUT2D eigenvalue weighted by molar-refractivity contribution is 0.279. The first-order chi connectivity index (χ1) is 12.2. The van der Waals surface area contributed by atoms with Crippen LogP contribution < -0.4 is 9.47 Å². The zero-order valence-corrected chi connectivity index (χ0v) is 14.7. The molecule has 0 bridgehead atoms. The quantitative estimate of drug-likeness (QED) is 0.615. The molecule has 2 aromatic carbocycles. The minimum atomic E-state index is 0.321. The molecule has 25 heavy (non-hydrogen) atoms. The highest BCUT2D eigenvalue weighted by Crippen LogP contribution is 2.30. The van der Waals surface area contributed by atoms with Gasteiger partial charge in [-0.25, -0.2) is 4.98 Å². The minimum Gasteiger partial charge on any atom is -0.493 e. The highest BCUT2D eigenvalue weighted by Gasteiger charge is 2.13. The summed E-state index contributed by atoms with van der Waals surface area (Å²) in [4.78, 5) is 4.55. The fourth-order valence-corrected chi connectivity index (χ4v) is 2.51. The van der Waals surface area contributed by atoms with Gasteiger partial charge in [-0.1, -0.05) is 36.4 Å². The van der Waals surface area contributed by atoms with Crippen molar-refractivity contribution in [2.75, 3.05) is 7.11 Å². The molecule has 0 unspecified atom stereocenters. The Morgan fingerprint density at radius 2 is 1.88 bits per heavy atom. The van der Waals surface area contributed by atoms with Gasteiger partial charge in [0, 0.05) is 5.56 Å². The predicted octanol–water partition coefficient (Wildman–Crippen LogP) is 5.27. The van der Waals surface area contributed by atoms with Crippen molar-refractivity contribution in [2.24, 2.45) is 0 Å². The Balaban J connectivity index is 1.77. The van der Waals surface area contributed by atoms with E-state index in [1.807, 2.05) is 74.5 Å². The van der Waals surface area contributed by atoms with Crippen molar-refractivity contribution in [3.05, 3.63) is 71.6 Å². The Labute approximate surface area is 147 Å². The van der Waals surface area contributed by atoms with E-state index in [9.17, 15) is 0 Å². The lowest BCUT2D eigenvalue weighted by Crippen LogP contribution is -1.99. The molecule has 0 saturated heterocycles. The van der Waals surface area contributed by atoms with Crippen LogP contribution in [0.25, 0.3) is 17.5 Å². The van der Waals surface area contributed by atoms with E-state index in [4.69, 9.17) is 13.9 Å². The molecule has 128 valence electrons. The number of aryl methyl sites for hydroxylation is 1. The van der Waals surface area contributed by atoms with Crippen molar-refractivity contribution < 1.29 is 13.9 Å². The fourth-order valence-electron chi connectivity index (χ4n) is 2.51. The van der Waals surface area contributed by atoms with Gasteiger partial charge in [-0.05, 0) is 43.7 Å². The number of hydrogen-bond acceptors (Lipinski definition) is 4. The predicted molar refractivity (Wildman–Crippen MR) is 98.7 cm³/mol. The van der Waals surface area contributed by atoms with Crippen LogP contribution in [0.4, 0.5) is 0 Å². The Hall–Kier alpha value is -3.01. The maximum absolute atomic E-state index is 5.91. The van der Waals surface area contributed by atoms with Crippen LogP contribution in [0.3, 0.4) is 0 Å². The van der Waals surface area contributed by atoms with E-state index < -0.39 is 0 Å². The van der Waals surface area contributed by atoms with Gasteiger partial charge < -0.3 is 13.9 Å². The van der Waals surface area contributed by atoms with E-state index in [0.717, 1.165) is 22.6 Å². The van der Waals surface area contributed by atoms with Crippen molar-refractivity contribution in [3.8, 4) is 23.0 Å². The van der Waals surface area contributed by atoms with Crippen LogP contribution in [0.15, 0.2) is 59.0 Å². The van der Waals surface area contributed by atoms with E-state index in [1.54, 1.807) is 7.11 Å². The van der Waals surface area contributed by atoms with Gasteiger partial charge in [0.2, 0.25) is 5.89 Å². The molecule has 0 amide bonds. The second-order valence-corrected chi connectivity index (χ2v) is 5.59. The van der Waals surface area contributed by atoms with Gasteiger partial charge >= 0.3 is 0 Å². The van der Waals surface area contributed by atoms with Crippen LogP contribution in [-0.2, 0) is 6.61 Å². The van der Waals surface area contributed by atoms with Gasteiger partial charge in [0.05, 0.1) is 7.11 Å². The summed E-state index contributed by atoms with van der Waals surface area (Å²) in [7, 11) is 1.64. The van der Waals surface area contributed by atoms with Crippen molar-refractivity contribution in [1.82, 2.24) is 4.98 Å². The summed E-state index contributed by atoms with van der Waals surface area (Å²) >= 11 is 0. The molecule has 1 aromatic heterocycles. The summed E-state index contributed by atoms with van der Waals surface area (Å²) in [6, 6.07) is 15.7. The largest absolute Gasteiger partial charge is 0.493 e. The van der Waals surface area contributed by atoms with Crippen molar-refractivity contribution in [3.63, 3.8) is 0 Å². The molecule has 4 nitrogen and oxygen atoms in total. The number of oxazole rings is 1. The van der Waals surface area contributed by atoms with Gasteiger partial charge in [0.25, 0.3) is 0 Å². The van der Waals surface area contributed by atoms with Crippen molar-refractivity contribution >= 4 is 6.08 Å². The van der Waals surface area contributed by atoms with Gasteiger partial charge in [-0.2, -0.15) is 0 Å². The number of nitrogens with zero attached hydrogens (tertiary/aromatic N) is 1. The number of rotatable bonds is 6. The average molecular weight is 335 g/mol. The number of methoxy groups -OCH3 is 1. The number of hydrogen-bond donors (Lipinski definition) is 0.